The molecule has 0 spiro atoms. The number of rotatable bonds is 8. The summed E-state index contributed by atoms with van der Waals surface area (Å²) in [7, 11) is 0. The Balaban J connectivity index is 2.04. The maximum atomic E-state index is 14.0. The zero-order chi connectivity index (χ0) is 22.5. The highest BCUT2D eigenvalue weighted by atomic mass is 19.4. The maximum Gasteiger partial charge on any atom is 0.508 e. The van der Waals surface area contributed by atoms with Crippen LogP contribution in [0.25, 0.3) is 6.08 Å². The molecule has 0 N–H and O–H groups in total. The van der Waals surface area contributed by atoms with Gasteiger partial charge in [0.2, 0.25) is 0 Å². The third-order valence-electron chi connectivity index (χ3n) is 4.50. The van der Waals surface area contributed by atoms with Crippen LogP contribution in [0.5, 0.6) is 5.75 Å². The minimum absolute atomic E-state index is 0.0648. The van der Waals surface area contributed by atoms with Crippen LogP contribution in [0.1, 0.15) is 36.5 Å². The highest BCUT2D eigenvalue weighted by Crippen LogP contribution is 2.45. The van der Waals surface area contributed by atoms with Crippen LogP contribution in [0.4, 0.5) is 18.0 Å². The first kappa shape index (κ1) is 23.3. The van der Waals surface area contributed by atoms with Gasteiger partial charge in [0.25, 0.3) is 10.7 Å². The average Bonchev–Trinajstić information content (AvgIpc) is 2.63. The molecular weight excluding hydrogens is 411 g/mol. The molecule has 0 amide bonds. The number of alkyl halides is 3. The molecule has 1 aliphatic heterocycles. The lowest BCUT2D eigenvalue weighted by Gasteiger charge is -2.40. The van der Waals surface area contributed by atoms with Crippen molar-refractivity contribution in [2.75, 3.05) is 13.2 Å². The van der Waals surface area contributed by atoms with E-state index in [0.717, 1.165) is 18.6 Å². The van der Waals surface area contributed by atoms with Crippen LogP contribution in [-0.4, -0.2) is 42.3 Å². The summed E-state index contributed by atoms with van der Waals surface area (Å²) in [5, 5.41) is 9.05. The first-order valence-corrected chi connectivity index (χ1v) is 9.13. The zero-order valence-corrected chi connectivity index (χ0v) is 16.7. The van der Waals surface area contributed by atoms with Crippen LogP contribution in [0.3, 0.4) is 0 Å². The van der Waals surface area contributed by atoms with Gasteiger partial charge in [0.05, 0.1) is 13.2 Å². The van der Waals surface area contributed by atoms with E-state index in [4.69, 9.17) is 14.2 Å². The molecule has 0 aromatic heterocycles. The molecule has 0 saturated carbocycles. The summed E-state index contributed by atoms with van der Waals surface area (Å²) in [6, 6.07) is 3.39. The Bertz CT molecular complexity index is 825. The lowest BCUT2D eigenvalue weighted by molar-refractivity contribution is -0.757. The van der Waals surface area contributed by atoms with Gasteiger partial charge in [0.1, 0.15) is 5.75 Å². The molecule has 166 valence electrons. The number of unbranched alkanes of at least 4 members (excludes halogenated alkanes) is 1. The summed E-state index contributed by atoms with van der Waals surface area (Å²) >= 11 is 0. The smallest absolute Gasteiger partial charge is 0.469 e. The molecule has 0 aliphatic carbocycles. The van der Waals surface area contributed by atoms with Crippen molar-refractivity contribution in [1.29, 1.82) is 0 Å². The van der Waals surface area contributed by atoms with Gasteiger partial charge in [-0.3, -0.25) is 0 Å². The number of hydrogen-bond acceptors (Lipinski definition) is 7. The second-order valence-electron chi connectivity index (χ2n) is 6.85. The summed E-state index contributed by atoms with van der Waals surface area (Å²) in [4.78, 5) is 25.9. The number of carbonyl (C=O) groups is 1. The summed E-state index contributed by atoms with van der Waals surface area (Å²) < 4.78 is 56.9. The second kappa shape index (κ2) is 9.23. The van der Waals surface area contributed by atoms with E-state index in [1.54, 1.807) is 19.1 Å². The molecule has 0 saturated heterocycles. The van der Waals surface area contributed by atoms with Crippen LogP contribution in [0.2, 0.25) is 0 Å². The topological polar surface area (TPSA) is 97.1 Å². The van der Waals surface area contributed by atoms with E-state index in [2.05, 4.69) is 4.84 Å². The SMILES string of the molecule is Cc1cc(C)c2c(c1)C=C[C@](C(C)OC(=O)OCCCCO[N+](=O)[O-])(C(F)(F)F)O2. The summed E-state index contributed by atoms with van der Waals surface area (Å²) in [5.74, 6) is 0.0648. The first-order chi connectivity index (χ1) is 14.0. The lowest BCUT2D eigenvalue weighted by Crippen LogP contribution is -2.58. The second-order valence-corrected chi connectivity index (χ2v) is 6.85. The Morgan fingerprint density at radius 2 is 1.93 bits per heavy atom. The number of aryl methyl sites for hydroxylation is 2. The fourth-order valence-corrected chi connectivity index (χ4v) is 3.03. The monoisotopic (exact) mass is 433 g/mol. The number of ether oxygens (including phenoxy) is 3. The molecule has 30 heavy (non-hydrogen) atoms. The average molecular weight is 433 g/mol. The Kier molecular flexibility index (Phi) is 7.16. The molecular formula is C19H22F3NO7. The lowest BCUT2D eigenvalue weighted by atomic mass is 9.91. The van der Waals surface area contributed by atoms with E-state index in [1.807, 2.05) is 6.92 Å². The fourth-order valence-electron chi connectivity index (χ4n) is 3.03. The normalized spacial score (nSPS) is 18.7. The molecule has 11 heteroatoms. The van der Waals surface area contributed by atoms with E-state index in [-0.39, 0.29) is 31.8 Å². The van der Waals surface area contributed by atoms with Crippen molar-refractivity contribution in [3.63, 3.8) is 0 Å². The van der Waals surface area contributed by atoms with Gasteiger partial charge in [0.15, 0.2) is 6.10 Å². The number of halogens is 3. The third-order valence-corrected chi connectivity index (χ3v) is 4.50. The van der Waals surface area contributed by atoms with Crippen LogP contribution in [0, 0.1) is 24.0 Å². The Hall–Kier alpha value is -2.98. The van der Waals surface area contributed by atoms with Crippen molar-refractivity contribution in [3.05, 3.63) is 45.0 Å². The van der Waals surface area contributed by atoms with Gasteiger partial charge < -0.3 is 19.0 Å². The minimum Gasteiger partial charge on any atom is -0.469 e. The molecule has 1 aromatic carbocycles. The van der Waals surface area contributed by atoms with Gasteiger partial charge in [-0.05, 0) is 51.3 Å². The van der Waals surface area contributed by atoms with Gasteiger partial charge in [-0.15, -0.1) is 10.1 Å². The van der Waals surface area contributed by atoms with E-state index in [0.29, 0.717) is 11.1 Å². The predicted octanol–water partition coefficient (Wildman–Crippen LogP) is 4.54. The fraction of sp³-hybridized carbons (Fsp3) is 0.526. The molecule has 1 aromatic rings. The molecule has 0 bridgehead atoms. The highest BCUT2D eigenvalue weighted by molar-refractivity contribution is 5.65. The van der Waals surface area contributed by atoms with Crippen LogP contribution in [0.15, 0.2) is 18.2 Å². The van der Waals surface area contributed by atoms with Crippen LogP contribution in [-0.2, 0) is 14.3 Å². The van der Waals surface area contributed by atoms with Crippen LogP contribution < -0.4 is 4.74 Å². The Morgan fingerprint density at radius 3 is 2.57 bits per heavy atom. The van der Waals surface area contributed by atoms with Crippen molar-refractivity contribution < 1.29 is 42.1 Å². The number of nitrogens with zero attached hydrogens (tertiary/aromatic N) is 1. The minimum atomic E-state index is -4.88. The first-order valence-electron chi connectivity index (χ1n) is 9.13. The van der Waals surface area contributed by atoms with Gasteiger partial charge >= 0.3 is 12.3 Å². The van der Waals surface area contributed by atoms with E-state index >= 15 is 0 Å². The predicted molar refractivity (Wildman–Crippen MR) is 98.4 cm³/mol. The van der Waals surface area contributed by atoms with Crippen molar-refractivity contribution in [2.45, 2.75) is 51.5 Å². The molecule has 0 radical (unpaired) electrons. The van der Waals surface area contributed by atoms with Gasteiger partial charge in [-0.25, -0.2) is 4.79 Å². The summed E-state index contributed by atoms with van der Waals surface area (Å²) in [6.07, 6.45) is -5.36. The summed E-state index contributed by atoms with van der Waals surface area (Å²) in [5.41, 5.74) is -0.984. The van der Waals surface area contributed by atoms with Crippen LogP contribution >= 0.6 is 0 Å². The third kappa shape index (κ3) is 5.33. The molecule has 1 unspecified atom stereocenters. The summed E-state index contributed by atoms with van der Waals surface area (Å²) in [6.45, 7) is 4.14. The van der Waals surface area contributed by atoms with E-state index in [1.165, 1.54) is 6.08 Å². The number of fused-ring (bicyclic) bond motifs is 1. The molecule has 2 atom stereocenters. The van der Waals surface area contributed by atoms with Gasteiger partial charge in [-0.2, -0.15) is 13.2 Å². The highest BCUT2D eigenvalue weighted by Gasteiger charge is 2.62. The van der Waals surface area contributed by atoms with Crippen molar-refractivity contribution in [1.82, 2.24) is 0 Å². The molecule has 2 rings (SSSR count). The quantitative estimate of drug-likeness (QED) is 0.257. The van der Waals surface area contributed by atoms with Gasteiger partial charge in [0, 0.05) is 5.56 Å². The number of benzene rings is 1. The van der Waals surface area contributed by atoms with Crippen molar-refractivity contribution in [3.8, 4) is 5.75 Å². The Labute approximate surface area is 170 Å². The molecule has 0 fully saturated rings. The van der Waals surface area contributed by atoms with Gasteiger partial charge in [-0.1, -0.05) is 17.7 Å². The molecule has 1 heterocycles. The molecule has 1 aliphatic rings. The number of hydrogen-bond donors (Lipinski definition) is 0. The molecule has 8 nitrogen and oxygen atoms in total. The zero-order valence-electron chi connectivity index (χ0n) is 16.7. The van der Waals surface area contributed by atoms with E-state index in [9.17, 15) is 28.1 Å². The van der Waals surface area contributed by atoms with Crippen molar-refractivity contribution >= 4 is 12.2 Å². The largest absolute Gasteiger partial charge is 0.508 e. The number of carbonyl (C=O) groups excluding carboxylic acids is 1. The standard InChI is InChI=1S/C19H22F3NO7/c1-12-10-13(2)16-15(11-12)6-7-18(30-16,19(20,21)22)14(3)29-17(24)27-8-4-5-9-28-23(25)26/h6-7,10-11,14H,4-5,8-9H2,1-3H3/t14?,18-/m0/s1. The van der Waals surface area contributed by atoms with E-state index < -0.39 is 29.1 Å². The maximum absolute atomic E-state index is 14.0. The van der Waals surface area contributed by atoms with Crippen molar-refractivity contribution in [2.24, 2.45) is 0 Å². The Morgan fingerprint density at radius 1 is 1.27 bits per heavy atom.